The van der Waals surface area contributed by atoms with Gasteiger partial charge in [-0.1, -0.05) is 12.7 Å². The standard InChI is InChI=1S/C15H20N2O4/c1-5-8-20-13(18)11-6-7-12(16-9-11)10-17-14(19)21-15(2,3)4/h5-7,9H,1,8,10H2,2-4H3,(H,17,19). The van der Waals surface area contributed by atoms with Crippen LogP contribution in [0.3, 0.4) is 0 Å². The molecule has 1 aromatic rings. The molecule has 0 unspecified atom stereocenters. The largest absolute Gasteiger partial charge is 0.458 e. The molecular weight excluding hydrogens is 272 g/mol. The van der Waals surface area contributed by atoms with Crippen LogP contribution in [0.1, 0.15) is 36.8 Å². The second kappa shape index (κ2) is 7.42. The predicted octanol–water partition coefficient (Wildman–Crippen LogP) is 2.45. The number of rotatable bonds is 5. The quantitative estimate of drug-likeness (QED) is 0.666. The summed E-state index contributed by atoms with van der Waals surface area (Å²) in [7, 11) is 0. The molecule has 0 aromatic carbocycles. The van der Waals surface area contributed by atoms with E-state index >= 15 is 0 Å². The summed E-state index contributed by atoms with van der Waals surface area (Å²) in [5, 5.41) is 2.59. The molecule has 0 saturated heterocycles. The average Bonchev–Trinajstić information content (AvgIpc) is 2.41. The lowest BCUT2D eigenvalue weighted by atomic mass is 10.2. The van der Waals surface area contributed by atoms with Crippen LogP contribution in [0, 0.1) is 0 Å². The number of carbonyl (C=O) groups is 2. The molecule has 1 amide bonds. The summed E-state index contributed by atoms with van der Waals surface area (Å²) < 4.78 is 9.99. The SMILES string of the molecule is C=CCOC(=O)c1ccc(CNC(=O)OC(C)(C)C)nc1. The topological polar surface area (TPSA) is 77.5 Å². The fraction of sp³-hybridized carbons (Fsp3) is 0.400. The van der Waals surface area contributed by atoms with Gasteiger partial charge in [-0.3, -0.25) is 4.98 Å². The molecule has 1 heterocycles. The van der Waals surface area contributed by atoms with Crippen LogP contribution in [0.5, 0.6) is 0 Å². The van der Waals surface area contributed by atoms with Crippen molar-refractivity contribution in [1.29, 1.82) is 0 Å². The molecule has 1 aromatic heterocycles. The van der Waals surface area contributed by atoms with Gasteiger partial charge in [-0.15, -0.1) is 0 Å². The molecule has 0 spiro atoms. The molecule has 0 saturated carbocycles. The van der Waals surface area contributed by atoms with E-state index in [9.17, 15) is 9.59 Å². The van der Waals surface area contributed by atoms with Crippen LogP contribution in [-0.2, 0) is 16.0 Å². The summed E-state index contributed by atoms with van der Waals surface area (Å²) in [4.78, 5) is 27.1. The number of ether oxygens (including phenoxy) is 2. The van der Waals surface area contributed by atoms with Crippen LogP contribution in [0.2, 0.25) is 0 Å². The van der Waals surface area contributed by atoms with E-state index in [1.165, 1.54) is 12.3 Å². The van der Waals surface area contributed by atoms with Gasteiger partial charge in [0.1, 0.15) is 12.2 Å². The lowest BCUT2D eigenvalue weighted by Crippen LogP contribution is -2.32. The summed E-state index contributed by atoms with van der Waals surface area (Å²) in [6, 6.07) is 3.23. The van der Waals surface area contributed by atoms with E-state index in [4.69, 9.17) is 9.47 Å². The highest BCUT2D eigenvalue weighted by Gasteiger charge is 2.15. The third-order valence-electron chi connectivity index (χ3n) is 2.21. The lowest BCUT2D eigenvalue weighted by molar-refractivity contribution is 0.0518. The van der Waals surface area contributed by atoms with Crippen molar-refractivity contribution in [3.8, 4) is 0 Å². The van der Waals surface area contributed by atoms with Crippen molar-refractivity contribution in [2.75, 3.05) is 6.61 Å². The fourth-order valence-electron chi connectivity index (χ4n) is 1.34. The van der Waals surface area contributed by atoms with Crippen LogP contribution >= 0.6 is 0 Å². The minimum Gasteiger partial charge on any atom is -0.458 e. The van der Waals surface area contributed by atoms with E-state index in [-0.39, 0.29) is 13.2 Å². The van der Waals surface area contributed by atoms with E-state index in [0.29, 0.717) is 11.3 Å². The minimum atomic E-state index is -0.545. The number of hydrogen-bond acceptors (Lipinski definition) is 5. The van der Waals surface area contributed by atoms with Gasteiger partial charge in [0.15, 0.2) is 0 Å². The summed E-state index contributed by atoms with van der Waals surface area (Å²) in [5.74, 6) is -0.464. The van der Waals surface area contributed by atoms with Crippen molar-refractivity contribution in [2.24, 2.45) is 0 Å². The predicted molar refractivity (Wildman–Crippen MR) is 77.8 cm³/mol. The Balaban J connectivity index is 2.49. The zero-order chi connectivity index (χ0) is 15.9. The van der Waals surface area contributed by atoms with Gasteiger partial charge in [-0.25, -0.2) is 9.59 Å². The van der Waals surface area contributed by atoms with Gasteiger partial charge in [0.05, 0.1) is 17.8 Å². The molecule has 0 aliphatic heterocycles. The van der Waals surface area contributed by atoms with Crippen LogP contribution in [0.25, 0.3) is 0 Å². The molecular formula is C15H20N2O4. The van der Waals surface area contributed by atoms with Gasteiger partial charge in [0.25, 0.3) is 0 Å². The van der Waals surface area contributed by atoms with Gasteiger partial charge >= 0.3 is 12.1 Å². The molecule has 0 fully saturated rings. The van der Waals surface area contributed by atoms with Crippen molar-refractivity contribution in [3.05, 3.63) is 42.2 Å². The summed E-state index contributed by atoms with van der Waals surface area (Å²) in [5.41, 5.74) is 0.412. The summed E-state index contributed by atoms with van der Waals surface area (Å²) in [6.45, 7) is 9.19. The van der Waals surface area contributed by atoms with Crippen LogP contribution in [0.15, 0.2) is 31.0 Å². The maximum atomic E-state index is 11.5. The highest BCUT2D eigenvalue weighted by molar-refractivity contribution is 5.89. The zero-order valence-corrected chi connectivity index (χ0v) is 12.5. The van der Waals surface area contributed by atoms with Crippen molar-refractivity contribution in [2.45, 2.75) is 32.9 Å². The third kappa shape index (κ3) is 6.56. The molecule has 114 valence electrons. The molecule has 0 bridgehead atoms. The number of alkyl carbamates (subject to hydrolysis) is 1. The van der Waals surface area contributed by atoms with E-state index in [2.05, 4.69) is 16.9 Å². The number of esters is 1. The first-order valence-electron chi connectivity index (χ1n) is 6.51. The van der Waals surface area contributed by atoms with Crippen molar-refractivity contribution in [1.82, 2.24) is 10.3 Å². The van der Waals surface area contributed by atoms with Crippen LogP contribution in [0.4, 0.5) is 4.79 Å². The molecule has 1 N–H and O–H groups in total. The smallest absolute Gasteiger partial charge is 0.407 e. The van der Waals surface area contributed by atoms with Gasteiger partial charge in [0.2, 0.25) is 0 Å². The van der Waals surface area contributed by atoms with Crippen LogP contribution < -0.4 is 5.32 Å². The number of aromatic nitrogens is 1. The Hall–Kier alpha value is -2.37. The maximum absolute atomic E-state index is 11.5. The second-order valence-electron chi connectivity index (χ2n) is 5.28. The molecule has 1 rings (SSSR count). The number of hydrogen-bond donors (Lipinski definition) is 1. The van der Waals surface area contributed by atoms with E-state index in [0.717, 1.165) is 0 Å². The van der Waals surface area contributed by atoms with Crippen LogP contribution in [-0.4, -0.2) is 29.3 Å². The Labute approximate surface area is 124 Å². The Kier molecular flexibility index (Phi) is 5.90. The second-order valence-corrected chi connectivity index (χ2v) is 5.28. The monoisotopic (exact) mass is 292 g/mol. The summed E-state index contributed by atoms with van der Waals surface area (Å²) >= 11 is 0. The Morgan fingerprint density at radius 2 is 2.10 bits per heavy atom. The van der Waals surface area contributed by atoms with E-state index < -0.39 is 17.7 Å². The van der Waals surface area contributed by atoms with Gasteiger partial charge < -0.3 is 14.8 Å². The highest BCUT2D eigenvalue weighted by Crippen LogP contribution is 2.07. The molecule has 6 nitrogen and oxygen atoms in total. The van der Waals surface area contributed by atoms with E-state index in [1.807, 2.05) is 0 Å². The molecule has 0 aliphatic rings. The van der Waals surface area contributed by atoms with Gasteiger partial charge in [-0.2, -0.15) is 0 Å². The Morgan fingerprint density at radius 1 is 1.38 bits per heavy atom. The molecule has 6 heteroatoms. The molecule has 21 heavy (non-hydrogen) atoms. The zero-order valence-electron chi connectivity index (χ0n) is 12.5. The molecule has 0 radical (unpaired) electrons. The third-order valence-corrected chi connectivity index (χ3v) is 2.21. The Bertz CT molecular complexity index is 503. The Morgan fingerprint density at radius 3 is 2.62 bits per heavy atom. The fourth-order valence-corrected chi connectivity index (χ4v) is 1.34. The lowest BCUT2D eigenvalue weighted by Gasteiger charge is -2.19. The summed E-state index contributed by atoms with van der Waals surface area (Å²) in [6.07, 6.45) is 2.38. The first-order chi connectivity index (χ1) is 9.81. The molecule has 0 aliphatic carbocycles. The van der Waals surface area contributed by atoms with Crippen molar-refractivity contribution < 1.29 is 19.1 Å². The number of pyridine rings is 1. The highest BCUT2D eigenvalue weighted by atomic mass is 16.6. The van der Waals surface area contributed by atoms with Crippen molar-refractivity contribution >= 4 is 12.1 Å². The number of carbonyl (C=O) groups excluding carboxylic acids is 2. The van der Waals surface area contributed by atoms with E-state index in [1.54, 1.807) is 32.9 Å². The first-order valence-corrected chi connectivity index (χ1v) is 6.51. The normalized spacial score (nSPS) is 10.6. The van der Waals surface area contributed by atoms with Gasteiger partial charge in [0, 0.05) is 6.20 Å². The number of nitrogens with one attached hydrogen (secondary N) is 1. The molecule has 0 atom stereocenters. The van der Waals surface area contributed by atoms with Crippen molar-refractivity contribution in [3.63, 3.8) is 0 Å². The first kappa shape index (κ1) is 16.7. The maximum Gasteiger partial charge on any atom is 0.407 e. The van der Waals surface area contributed by atoms with Gasteiger partial charge in [-0.05, 0) is 32.9 Å². The minimum absolute atomic E-state index is 0.154. The number of amides is 1. The number of nitrogens with zero attached hydrogens (tertiary/aromatic N) is 1. The average molecular weight is 292 g/mol.